The number of fused-ring (bicyclic) bond motifs is 1. The highest BCUT2D eigenvalue weighted by atomic mass is 32.2. The largest absolute Gasteiger partial charge is 0.493 e. The highest BCUT2D eigenvalue weighted by Crippen LogP contribution is 2.42. The van der Waals surface area contributed by atoms with E-state index < -0.39 is 61.3 Å². The number of imide groups is 1. The van der Waals surface area contributed by atoms with E-state index in [1.165, 1.54) is 25.3 Å². The SMILES string of the molecule is CCOc1cc([C@@H](CS(=O)(=O)C2CC2)N2C(=O)c3csc(NC(=O)C(F)(F)F)c3C2=O)ccc1OC. The normalized spacial score (nSPS) is 16.6. The number of ether oxygens (including phenoxy) is 2. The number of thiophene rings is 1. The van der Waals surface area contributed by atoms with Crippen LogP contribution in [0, 0.1) is 0 Å². The topological polar surface area (TPSA) is 119 Å². The number of methoxy groups -OCH3 is 1. The Morgan fingerprint density at radius 2 is 1.92 bits per heavy atom. The molecule has 2 aromatic rings. The molecule has 1 aromatic heterocycles. The third kappa shape index (κ3) is 4.78. The number of anilines is 1. The molecule has 2 aliphatic rings. The lowest BCUT2D eigenvalue weighted by Gasteiger charge is -2.27. The van der Waals surface area contributed by atoms with Crippen LogP contribution in [-0.2, 0) is 14.6 Å². The Kier molecular flexibility index (Phi) is 6.77. The fourth-order valence-electron chi connectivity index (χ4n) is 3.89. The van der Waals surface area contributed by atoms with Gasteiger partial charge in [0.15, 0.2) is 21.3 Å². The average molecular weight is 547 g/mol. The van der Waals surface area contributed by atoms with E-state index >= 15 is 0 Å². The number of alkyl halides is 3. The van der Waals surface area contributed by atoms with Crippen LogP contribution in [0.1, 0.15) is 52.1 Å². The van der Waals surface area contributed by atoms with Gasteiger partial charge in [0.1, 0.15) is 5.00 Å². The second-order valence-electron chi connectivity index (χ2n) is 8.17. The van der Waals surface area contributed by atoms with Crippen molar-refractivity contribution in [3.05, 3.63) is 40.3 Å². The minimum absolute atomic E-state index is 0.213. The fraction of sp³-hybridized carbons (Fsp3) is 0.409. The van der Waals surface area contributed by atoms with Gasteiger partial charge in [0.05, 0.1) is 41.9 Å². The number of hydrogen-bond donors (Lipinski definition) is 1. The van der Waals surface area contributed by atoms with Gasteiger partial charge < -0.3 is 14.8 Å². The first-order chi connectivity index (χ1) is 16.9. The Hall–Kier alpha value is -3.13. The van der Waals surface area contributed by atoms with Crippen LogP contribution < -0.4 is 14.8 Å². The Labute approximate surface area is 208 Å². The van der Waals surface area contributed by atoms with E-state index in [0.29, 0.717) is 29.9 Å². The van der Waals surface area contributed by atoms with Crippen molar-refractivity contribution in [2.24, 2.45) is 0 Å². The van der Waals surface area contributed by atoms with E-state index in [4.69, 9.17) is 9.47 Å². The Balaban J connectivity index is 1.75. The van der Waals surface area contributed by atoms with Gasteiger partial charge >= 0.3 is 12.1 Å². The summed E-state index contributed by atoms with van der Waals surface area (Å²) in [4.78, 5) is 38.8. The Morgan fingerprint density at radius 1 is 1.22 bits per heavy atom. The minimum Gasteiger partial charge on any atom is -0.493 e. The average Bonchev–Trinajstić information content (AvgIpc) is 3.55. The zero-order chi connectivity index (χ0) is 26.4. The number of nitrogens with one attached hydrogen (secondary N) is 1. The number of carbonyl (C=O) groups excluding carboxylic acids is 3. The molecule has 0 spiro atoms. The van der Waals surface area contributed by atoms with E-state index in [0.717, 1.165) is 10.3 Å². The van der Waals surface area contributed by atoms with Crippen molar-refractivity contribution >= 4 is 43.9 Å². The van der Waals surface area contributed by atoms with Crippen molar-refractivity contribution in [2.75, 3.05) is 24.8 Å². The Morgan fingerprint density at radius 3 is 2.50 bits per heavy atom. The van der Waals surface area contributed by atoms with Crippen molar-refractivity contribution in [2.45, 2.75) is 37.2 Å². The number of rotatable bonds is 9. The standard InChI is InChI=1S/C22H21F3N2O7S2/c1-3-34-16-8-11(4-7-15(16)33-2)14(10-36(31,32)12-5-6-12)27-19(28)13-9-35-18(17(13)20(27)29)26-21(30)22(23,24)25/h4,7-9,12,14H,3,5-6,10H2,1-2H3,(H,26,30)/t14-/m1/s1. The maximum atomic E-state index is 13.4. The van der Waals surface area contributed by atoms with Crippen LogP contribution in [0.4, 0.5) is 18.2 Å². The summed E-state index contributed by atoms with van der Waals surface area (Å²) in [7, 11) is -2.30. The molecule has 9 nitrogen and oxygen atoms in total. The van der Waals surface area contributed by atoms with Gasteiger partial charge in [-0.25, -0.2) is 8.42 Å². The first-order valence-corrected chi connectivity index (χ1v) is 13.4. The van der Waals surface area contributed by atoms with Gasteiger partial charge in [0.2, 0.25) is 0 Å². The lowest BCUT2D eigenvalue weighted by atomic mass is 10.1. The van der Waals surface area contributed by atoms with Crippen molar-refractivity contribution in [3.63, 3.8) is 0 Å². The van der Waals surface area contributed by atoms with Gasteiger partial charge in [-0.2, -0.15) is 13.2 Å². The van der Waals surface area contributed by atoms with Gasteiger partial charge in [0.25, 0.3) is 11.8 Å². The van der Waals surface area contributed by atoms with Gasteiger partial charge in [0, 0.05) is 5.38 Å². The molecular weight excluding hydrogens is 525 g/mol. The summed E-state index contributed by atoms with van der Waals surface area (Å²) in [5.74, 6) is -4.14. The molecule has 3 amide bonds. The van der Waals surface area contributed by atoms with E-state index in [1.807, 2.05) is 0 Å². The van der Waals surface area contributed by atoms with Gasteiger partial charge in [-0.3, -0.25) is 19.3 Å². The van der Waals surface area contributed by atoms with Crippen molar-refractivity contribution in [1.82, 2.24) is 4.90 Å². The Bertz CT molecular complexity index is 1330. The van der Waals surface area contributed by atoms with Crippen LogP contribution in [0.25, 0.3) is 0 Å². The number of sulfone groups is 1. The van der Waals surface area contributed by atoms with Crippen LogP contribution >= 0.6 is 11.3 Å². The maximum Gasteiger partial charge on any atom is 0.471 e. The molecule has 14 heteroatoms. The molecular formula is C22H21F3N2O7S2. The molecule has 1 atom stereocenters. The molecule has 4 rings (SSSR count). The molecule has 1 aliphatic heterocycles. The molecule has 1 fully saturated rings. The van der Waals surface area contributed by atoms with Crippen LogP contribution in [0.2, 0.25) is 0 Å². The third-order valence-corrected chi connectivity index (χ3v) is 8.93. The summed E-state index contributed by atoms with van der Waals surface area (Å²) < 4.78 is 74.9. The molecule has 0 radical (unpaired) electrons. The number of benzene rings is 1. The van der Waals surface area contributed by atoms with Crippen molar-refractivity contribution in [3.8, 4) is 11.5 Å². The van der Waals surface area contributed by atoms with Gasteiger partial charge in [-0.05, 0) is 37.5 Å². The maximum absolute atomic E-state index is 13.4. The lowest BCUT2D eigenvalue weighted by molar-refractivity contribution is -0.167. The van der Waals surface area contributed by atoms with Crippen molar-refractivity contribution in [1.29, 1.82) is 0 Å². The molecule has 0 bridgehead atoms. The summed E-state index contributed by atoms with van der Waals surface area (Å²) >= 11 is 0.600. The third-order valence-electron chi connectivity index (χ3n) is 5.76. The predicted octanol–water partition coefficient (Wildman–Crippen LogP) is 3.57. The van der Waals surface area contributed by atoms with E-state index in [1.54, 1.807) is 12.2 Å². The second kappa shape index (κ2) is 9.39. The summed E-state index contributed by atoms with van der Waals surface area (Å²) in [5.41, 5.74) is -0.357. The highest BCUT2D eigenvalue weighted by Gasteiger charge is 2.48. The molecule has 0 saturated heterocycles. The molecule has 2 heterocycles. The number of hydrogen-bond acceptors (Lipinski definition) is 8. The molecule has 0 unspecified atom stereocenters. The highest BCUT2D eigenvalue weighted by molar-refractivity contribution is 7.92. The number of halogens is 3. The number of nitrogens with zero attached hydrogens (tertiary/aromatic N) is 1. The number of amides is 3. The smallest absolute Gasteiger partial charge is 0.471 e. The predicted molar refractivity (Wildman–Crippen MR) is 123 cm³/mol. The first kappa shape index (κ1) is 25.9. The summed E-state index contributed by atoms with van der Waals surface area (Å²) in [6.45, 7) is 1.98. The molecule has 36 heavy (non-hydrogen) atoms. The minimum atomic E-state index is -5.21. The summed E-state index contributed by atoms with van der Waals surface area (Å²) in [6.07, 6.45) is -4.28. The zero-order valence-corrected chi connectivity index (χ0v) is 20.7. The fourth-order valence-corrected chi connectivity index (χ4v) is 6.72. The van der Waals surface area contributed by atoms with E-state index in [9.17, 15) is 36.0 Å². The molecule has 1 aromatic carbocycles. The first-order valence-electron chi connectivity index (χ1n) is 10.8. The summed E-state index contributed by atoms with van der Waals surface area (Å²) in [5, 5.41) is 1.76. The molecule has 1 aliphatic carbocycles. The molecule has 1 N–H and O–H groups in total. The van der Waals surface area contributed by atoms with Crippen LogP contribution in [0.3, 0.4) is 0 Å². The lowest BCUT2D eigenvalue weighted by Crippen LogP contribution is -2.39. The van der Waals surface area contributed by atoms with Gasteiger partial charge in [-0.15, -0.1) is 11.3 Å². The van der Waals surface area contributed by atoms with Crippen LogP contribution in [-0.4, -0.2) is 61.9 Å². The van der Waals surface area contributed by atoms with Crippen LogP contribution in [0.15, 0.2) is 23.6 Å². The molecule has 194 valence electrons. The van der Waals surface area contributed by atoms with Gasteiger partial charge in [-0.1, -0.05) is 6.07 Å². The quantitative estimate of drug-likeness (QED) is 0.478. The second-order valence-corrected chi connectivity index (χ2v) is 11.4. The van der Waals surface area contributed by atoms with E-state index in [-0.39, 0.29) is 23.5 Å². The van der Waals surface area contributed by atoms with Crippen LogP contribution in [0.5, 0.6) is 11.5 Å². The van der Waals surface area contributed by atoms with Crippen molar-refractivity contribution < 1.29 is 45.4 Å². The zero-order valence-electron chi connectivity index (χ0n) is 19.0. The number of carbonyl (C=O) groups is 3. The monoisotopic (exact) mass is 546 g/mol. The summed E-state index contributed by atoms with van der Waals surface area (Å²) in [6, 6.07) is 3.18. The van der Waals surface area contributed by atoms with E-state index in [2.05, 4.69) is 0 Å². The molecule has 1 saturated carbocycles.